The molecule has 1 rings (SSSR count). The predicted molar refractivity (Wildman–Crippen MR) is 37.7 cm³/mol. The summed E-state index contributed by atoms with van der Waals surface area (Å²) >= 11 is 0. The second-order valence-corrected chi connectivity index (χ2v) is 2.10. The Hall–Kier alpha value is -1.16. The second-order valence-electron chi connectivity index (χ2n) is 2.10. The maximum Gasteiger partial charge on any atom is 0.250 e. The molecule has 0 amide bonds. The number of aliphatic hydroxyl groups is 1. The van der Waals surface area contributed by atoms with E-state index in [9.17, 15) is 9.18 Å². The minimum Gasteiger partial charge on any atom is -0.395 e. The van der Waals surface area contributed by atoms with Gasteiger partial charge >= 0.3 is 0 Å². The quantitative estimate of drug-likeness (QED) is 0.655. The molecular formula is C7H8FNO2. The first-order chi connectivity index (χ1) is 5.24. The number of hydrogen-bond donors (Lipinski definition) is 1. The van der Waals surface area contributed by atoms with Gasteiger partial charge in [0.1, 0.15) is 5.82 Å². The molecule has 0 aromatic carbocycles. The van der Waals surface area contributed by atoms with Gasteiger partial charge in [-0.2, -0.15) is 0 Å². The number of halogens is 1. The summed E-state index contributed by atoms with van der Waals surface area (Å²) in [6, 6.07) is 2.22. The summed E-state index contributed by atoms with van der Waals surface area (Å²) in [5.74, 6) is -0.474. The Morgan fingerprint density at radius 3 is 2.91 bits per heavy atom. The van der Waals surface area contributed by atoms with Crippen LogP contribution in [0.5, 0.6) is 0 Å². The Kier molecular flexibility index (Phi) is 2.38. The minimum absolute atomic E-state index is 0.136. The monoisotopic (exact) mass is 157 g/mol. The number of nitrogens with zero attached hydrogens (tertiary/aromatic N) is 1. The molecule has 0 radical (unpaired) electrons. The van der Waals surface area contributed by atoms with Crippen molar-refractivity contribution in [1.82, 2.24) is 4.57 Å². The molecule has 0 fully saturated rings. The van der Waals surface area contributed by atoms with Gasteiger partial charge in [-0.15, -0.1) is 0 Å². The molecule has 60 valence electrons. The van der Waals surface area contributed by atoms with Crippen molar-refractivity contribution in [2.24, 2.45) is 0 Å². The van der Waals surface area contributed by atoms with E-state index < -0.39 is 5.82 Å². The van der Waals surface area contributed by atoms with Gasteiger partial charge < -0.3 is 9.67 Å². The average molecular weight is 157 g/mol. The molecule has 4 heteroatoms. The Morgan fingerprint density at radius 2 is 2.27 bits per heavy atom. The van der Waals surface area contributed by atoms with Crippen molar-refractivity contribution in [3.8, 4) is 0 Å². The summed E-state index contributed by atoms with van der Waals surface area (Å²) in [5.41, 5.74) is -0.305. The van der Waals surface area contributed by atoms with Crippen LogP contribution >= 0.6 is 0 Å². The van der Waals surface area contributed by atoms with Crippen LogP contribution < -0.4 is 5.56 Å². The van der Waals surface area contributed by atoms with Crippen LogP contribution in [0.25, 0.3) is 0 Å². The van der Waals surface area contributed by atoms with Crippen LogP contribution in [0.15, 0.2) is 23.1 Å². The molecule has 0 aliphatic rings. The third-order valence-electron chi connectivity index (χ3n) is 1.29. The molecule has 1 aromatic heterocycles. The molecule has 0 aliphatic carbocycles. The van der Waals surface area contributed by atoms with E-state index in [1.54, 1.807) is 0 Å². The van der Waals surface area contributed by atoms with Crippen molar-refractivity contribution < 1.29 is 9.50 Å². The molecule has 0 unspecified atom stereocenters. The van der Waals surface area contributed by atoms with Crippen LogP contribution in [0.4, 0.5) is 4.39 Å². The zero-order valence-corrected chi connectivity index (χ0v) is 5.83. The van der Waals surface area contributed by atoms with Gasteiger partial charge in [-0.3, -0.25) is 4.79 Å². The fourth-order valence-corrected chi connectivity index (χ4v) is 0.785. The van der Waals surface area contributed by atoms with E-state index in [1.807, 2.05) is 0 Å². The van der Waals surface area contributed by atoms with Gasteiger partial charge in [-0.25, -0.2) is 4.39 Å². The van der Waals surface area contributed by atoms with E-state index >= 15 is 0 Å². The second kappa shape index (κ2) is 3.30. The van der Waals surface area contributed by atoms with Crippen LogP contribution in [0.3, 0.4) is 0 Å². The van der Waals surface area contributed by atoms with Crippen molar-refractivity contribution in [3.05, 3.63) is 34.5 Å². The molecule has 1 N–H and O–H groups in total. The fourth-order valence-electron chi connectivity index (χ4n) is 0.785. The number of aliphatic hydroxyl groups excluding tert-OH is 1. The lowest BCUT2D eigenvalue weighted by atomic mass is 10.4. The minimum atomic E-state index is -0.474. The maximum atomic E-state index is 12.4. The van der Waals surface area contributed by atoms with Crippen molar-refractivity contribution >= 4 is 0 Å². The molecule has 0 bridgehead atoms. The largest absolute Gasteiger partial charge is 0.395 e. The SMILES string of the molecule is O=c1ccc(F)cn1CCO. The Balaban J connectivity index is 3.03. The van der Waals surface area contributed by atoms with Gasteiger partial charge in [-0.1, -0.05) is 0 Å². The number of aromatic nitrogens is 1. The molecule has 0 saturated heterocycles. The van der Waals surface area contributed by atoms with Gasteiger partial charge in [-0.05, 0) is 6.07 Å². The highest BCUT2D eigenvalue weighted by Gasteiger charge is 1.95. The van der Waals surface area contributed by atoms with Crippen LogP contribution in [0.2, 0.25) is 0 Å². The molecule has 11 heavy (non-hydrogen) atoms. The maximum absolute atomic E-state index is 12.4. The summed E-state index contributed by atoms with van der Waals surface area (Å²) in [6.07, 6.45) is 1.07. The van der Waals surface area contributed by atoms with E-state index in [4.69, 9.17) is 5.11 Å². The summed E-state index contributed by atoms with van der Waals surface area (Å²) in [7, 11) is 0. The first-order valence-electron chi connectivity index (χ1n) is 3.21. The summed E-state index contributed by atoms with van der Waals surface area (Å²) in [5, 5.41) is 8.45. The summed E-state index contributed by atoms with van der Waals surface area (Å²) in [6.45, 7) is -0.0278. The number of hydrogen-bond acceptors (Lipinski definition) is 2. The highest BCUT2D eigenvalue weighted by atomic mass is 19.1. The van der Waals surface area contributed by atoms with Crippen molar-refractivity contribution in [1.29, 1.82) is 0 Å². The third kappa shape index (κ3) is 1.88. The van der Waals surface area contributed by atoms with Crippen molar-refractivity contribution in [3.63, 3.8) is 0 Å². The van der Waals surface area contributed by atoms with Gasteiger partial charge in [0.05, 0.1) is 6.61 Å². The van der Waals surface area contributed by atoms with E-state index in [-0.39, 0.29) is 18.7 Å². The lowest BCUT2D eigenvalue weighted by Crippen LogP contribution is -2.20. The summed E-state index contributed by atoms with van der Waals surface area (Å²) < 4.78 is 13.5. The highest BCUT2D eigenvalue weighted by molar-refractivity contribution is 4.96. The van der Waals surface area contributed by atoms with Crippen molar-refractivity contribution in [2.75, 3.05) is 6.61 Å². The zero-order valence-electron chi connectivity index (χ0n) is 5.83. The Labute approximate surface area is 62.7 Å². The molecule has 0 aliphatic heterocycles. The smallest absolute Gasteiger partial charge is 0.250 e. The molecule has 0 saturated carbocycles. The molecular weight excluding hydrogens is 149 g/mol. The van der Waals surface area contributed by atoms with Crippen LogP contribution in [-0.4, -0.2) is 16.3 Å². The number of rotatable bonds is 2. The first-order valence-corrected chi connectivity index (χ1v) is 3.21. The Morgan fingerprint density at radius 1 is 1.55 bits per heavy atom. The first kappa shape index (κ1) is 7.94. The average Bonchev–Trinajstić information content (AvgIpc) is 1.98. The predicted octanol–water partition coefficient (Wildman–Crippen LogP) is -0.0203. The molecule has 1 heterocycles. The van der Waals surface area contributed by atoms with E-state index in [1.165, 1.54) is 0 Å². The van der Waals surface area contributed by atoms with Crippen LogP contribution in [0.1, 0.15) is 0 Å². The molecule has 3 nitrogen and oxygen atoms in total. The van der Waals surface area contributed by atoms with Crippen LogP contribution in [-0.2, 0) is 6.54 Å². The zero-order chi connectivity index (χ0) is 8.27. The Bertz CT molecular complexity index is 295. The molecule has 0 spiro atoms. The third-order valence-corrected chi connectivity index (χ3v) is 1.29. The lowest BCUT2D eigenvalue weighted by Gasteiger charge is -2.00. The lowest BCUT2D eigenvalue weighted by molar-refractivity contribution is 0.273. The van der Waals surface area contributed by atoms with Gasteiger partial charge in [0, 0.05) is 18.8 Å². The number of pyridine rings is 1. The van der Waals surface area contributed by atoms with Crippen molar-refractivity contribution in [2.45, 2.75) is 6.54 Å². The van der Waals surface area contributed by atoms with Crippen LogP contribution in [0, 0.1) is 5.82 Å². The van der Waals surface area contributed by atoms with Gasteiger partial charge in [0.15, 0.2) is 0 Å². The van der Waals surface area contributed by atoms with E-state index in [0.29, 0.717) is 0 Å². The van der Waals surface area contributed by atoms with Gasteiger partial charge in [0.25, 0.3) is 5.56 Å². The van der Waals surface area contributed by atoms with E-state index in [0.717, 1.165) is 22.9 Å². The van der Waals surface area contributed by atoms with E-state index in [2.05, 4.69) is 0 Å². The topological polar surface area (TPSA) is 42.2 Å². The highest BCUT2D eigenvalue weighted by Crippen LogP contribution is 1.90. The van der Waals surface area contributed by atoms with Gasteiger partial charge in [0.2, 0.25) is 0 Å². The molecule has 0 atom stereocenters. The fraction of sp³-hybridized carbons (Fsp3) is 0.286. The standard InChI is InChI=1S/C7H8FNO2/c8-6-1-2-7(11)9(5-6)3-4-10/h1-2,5,10H,3-4H2. The normalized spacial score (nSPS) is 10.0. The summed E-state index contributed by atoms with van der Waals surface area (Å²) in [4.78, 5) is 10.8. The molecule has 1 aromatic rings.